The average Bonchev–Trinajstić information content (AvgIpc) is 3.14. The summed E-state index contributed by atoms with van der Waals surface area (Å²) in [4.78, 5) is 14.7. The van der Waals surface area contributed by atoms with E-state index in [1.807, 2.05) is 0 Å². The van der Waals surface area contributed by atoms with Crippen LogP contribution in [0.25, 0.3) is 0 Å². The van der Waals surface area contributed by atoms with Crippen LogP contribution in [0.4, 0.5) is 13.2 Å². The summed E-state index contributed by atoms with van der Waals surface area (Å²) in [6.45, 7) is -0.0697. The van der Waals surface area contributed by atoms with Crippen LogP contribution >= 0.6 is 23.2 Å². The van der Waals surface area contributed by atoms with Gasteiger partial charge in [0.05, 0.1) is 15.6 Å². The highest BCUT2D eigenvalue weighted by atomic mass is 35.5. The van der Waals surface area contributed by atoms with Crippen molar-refractivity contribution < 1.29 is 18.0 Å². The molecule has 0 N–H and O–H groups in total. The molecule has 0 saturated carbocycles. The van der Waals surface area contributed by atoms with Crippen LogP contribution in [0.5, 0.6) is 0 Å². The number of amides is 1. The smallest absolute Gasteiger partial charge is 0.322 e. The fourth-order valence-corrected chi connectivity index (χ4v) is 3.81. The molecule has 1 atom stereocenters. The van der Waals surface area contributed by atoms with E-state index in [4.69, 9.17) is 23.2 Å². The van der Waals surface area contributed by atoms with E-state index in [9.17, 15) is 18.0 Å². The molecule has 1 amide bonds. The van der Waals surface area contributed by atoms with Crippen molar-refractivity contribution in [2.24, 2.45) is 0 Å². The molecule has 0 spiro atoms. The number of benzene rings is 2. The average molecular weight is 441 g/mol. The second kappa shape index (κ2) is 7.35. The summed E-state index contributed by atoms with van der Waals surface area (Å²) < 4.78 is 41.0. The van der Waals surface area contributed by atoms with Gasteiger partial charge in [-0.25, -0.2) is 0 Å². The largest absolute Gasteiger partial charge is 0.451 e. The van der Waals surface area contributed by atoms with Gasteiger partial charge in [-0.15, -0.1) is 10.2 Å². The van der Waals surface area contributed by atoms with Crippen LogP contribution in [0.1, 0.15) is 33.6 Å². The molecule has 0 saturated heterocycles. The van der Waals surface area contributed by atoms with E-state index in [1.165, 1.54) is 11.0 Å². The van der Waals surface area contributed by atoms with E-state index < -0.39 is 23.9 Å². The van der Waals surface area contributed by atoms with E-state index in [2.05, 4.69) is 10.2 Å². The van der Waals surface area contributed by atoms with Crippen LogP contribution in [-0.2, 0) is 12.7 Å². The van der Waals surface area contributed by atoms with Crippen molar-refractivity contribution >= 4 is 29.1 Å². The Hall–Kier alpha value is -2.58. The molecule has 2 heterocycles. The molecule has 1 aromatic heterocycles. The van der Waals surface area contributed by atoms with Crippen molar-refractivity contribution in [2.45, 2.75) is 18.8 Å². The van der Waals surface area contributed by atoms with Gasteiger partial charge >= 0.3 is 6.18 Å². The zero-order valence-corrected chi connectivity index (χ0v) is 16.2. The lowest BCUT2D eigenvalue weighted by atomic mass is 10.0. The van der Waals surface area contributed by atoms with Gasteiger partial charge in [-0.1, -0.05) is 59.6 Å². The number of alkyl halides is 3. The number of fused-ring (bicyclic) bond motifs is 1. The normalized spacial score (nSPS) is 16.6. The van der Waals surface area contributed by atoms with Crippen LogP contribution in [-0.4, -0.2) is 32.1 Å². The maximum Gasteiger partial charge on any atom is 0.451 e. The molecule has 1 aliphatic heterocycles. The van der Waals surface area contributed by atoms with Gasteiger partial charge in [0.1, 0.15) is 6.04 Å². The lowest BCUT2D eigenvalue weighted by Gasteiger charge is -2.36. The van der Waals surface area contributed by atoms with E-state index in [0.717, 1.165) is 4.57 Å². The molecule has 0 radical (unpaired) electrons. The molecular formula is C19H13Cl2F3N4O. The maximum absolute atomic E-state index is 13.3. The Kier molecular flexibility index (Phi) is 5.00. The Morgan fingerprint density at radius 2 is 1.72 bits per heavy atom. The number of rotatable bonds is 2. The Balaban J connectivity index is 1.84. The summed E-state index contributed by atoms with van der Waals surface area (Å²) in [6, 6.07) is 12.5. The van der Waals surface area contributed by atoms with Gasteiger partial charge in [-0.2, -0.15) is 13.2 Å². The third-order valence-electron chi connectivity index (χ3n) is 4.71. The number of aromatic nitrogens is 3. The minimum absolute atomic E-state index is 0.0232. The SMILES string of the molecule is O=C(c1cccc(Cl)c1Cl)N1CCn2c(nnc2C(F)(F)F)C1c1ccccc1. The van der Waals surface area contributed by atoms with E-state index >= 15 is 0 Å². The van der Waals surface area contributed by atoms with Crippen LogP contribution in [0.15, 0.2) is 48.5 Å². The molecule has 29 heavy (non-hydrogen) atoms. The summed E-state index contributed by atoms with van der Waals surface area (Å²) in [5.41, 5.74) is 0.783. The first-order valence-corrected chi connectivity index (χ1v) is 9.35. The molecule has 4 rings (SSSR count). The quantitative estimate of drug-likeness (QED) is 0.572. The topological polar surface area (TPSA) is 51.0 Å². The number of halogens is 5. The fourth-order valence-electron chi connectivity index (χ4n) is 3.43. The highest BCUT2D eigenvalue weighted by molar-refractivity contribution is 6.43. The monoisotopic (exact) mass is 440 g/mol. The van der Waals surface area contributed by atoms with Crippen molar-refractivity contribution in [1.29, 1.82) is 0 Å². The highest BCUT2D eigenvalue weighted by Gasteiger charge is 2.43. The predicted octanol–water partition coefficient (Wildman–Crippen LogP) is 4.85. The Morgan fingerprint density at radius 1 is 1.00 bits per heavy atom. The first-order chi connectivity index (χ1) is 13.8. The van der Waals surface area contributed by atoms with Crippen molar-refractivity contribution in [3.05, 3.63) is 81.4 Å². The first kappa shape index (κ1) is 19.7. The maximum atomic E-state index is 13.3. The second-order valence-corrected chi connectivity index (χ2v) is 7.23. The molecule has 1 aliphatic rings. The third kappa shape index (κ3) is 3.47. The van der Waals surface area contributed by atoms with E-state index in [-0.39, 0.29) is 34.5 Å². The molecule has 150 valence electrons. The number of hydrogen-bond donors (Lipinski definition) is 0. The number of hydrogen-bond acceptors (Lipinski definition) is 3. The van der Waals surface area contributed by atoms with Crippen LogP contribution in [0.3, 0.4) is 0 Å². The Morgan fingerprint density at radius 3 is 2.41 bits per heavy atom. The van der Waals surface area contributed by atoms with Gasteiger partial charge in [0.25, 0.3) is 5.91 Å². The van der Waals surface area contributed by atoms with E-state index in [0.29, 0.717) is 5.56 Å². The first-order valence-electron chi connectivity index (χ1n) is 8.59. The zero-order chi connectivity index (χ0) is 20.8. The second-order valence-electron chi connectivity index (χ2n) is 6.44. The molecule has 0 aliphatic carbocycles. The summed E-state index contributed by atoms with van der Waals surface area (Å²) in [6.07, 6.45) is -4.64. The predicted molar refractivity (Wildman–Crippen MR) is 101 cm³/mol. The number of carbonyl (C=O) groups excluding carboxylic acids is 1. The minimum atomic E-state index is -4.64. The molecule has 1 unspecified atom stereocenters. The van der Waals surface area contributed by atoms with Crippen LogP contribution in [0, 0.1) is 0 Å². The summed E-state index contributed by atoms with van der Waals surface area (Å²) in [5, 5.41) is 7.44. The van der Waals surface area contributed by atoms with Gasteiger partial charge in [0.2, 0.25) is 5.82 Å². The molecule has 2 aromatic carbocycles. The molecule has 5 nitrogen and oxygen atoms in total. The molecular weight excluding hydrogens is 428 g/mol. The Labute approximate surface area is 173 Å². The molecule has 0 fully saturated rings. The lowest BCUT2D eigenvalue weighted by molar-refractivity contribution is -0.148. The number of nitrogens with zero attached hydrogens (tertiary/aromatic N) is 4. The molecule has 0 bridgehead atoms. The highest BCUT2D eigenvalue weighted by Crippen LogP contribution is 2.37. The molecule has 10 heteroatoms. The zero-order valence-electron chi connectivity index (χ0n) is 14.7. The molecule has 3 aromatic rings. The van der Waals surface area contributed by atoms with Gasteiger partial charge in [0.15, 0.2) is 5.82 Å². The van der Waals surface area contributed by atoms with Crippen molar-refractivity contribution in [3.63, 3.8) is 0 Å². The van der Waals surface area contributed by atoms with E-state index in [1.54, 1.807) is 42.5 Å². The van der Waals surface area contributed by atoms with Gasteiger partial charge in [-0.05, 0) is 17.7 Å². The van der Waals surface area contributed by atoms with Crippen LogP contribution < -0.4 is 0 Å². The van der Waals surface area contributed by atoms with Crippen LogP contribution in [0.2, 0.25) is 10.0 Å². The summed E-state index contributed by atoms with van der Waals surface area (Å²) >= 11 is 12.2. The van der Waals surface area contributed by atoms with Gasteiger partial charge in [0, 0.05) is 13.1 Å². The van der Waals surface area contributed by atoms with Crippen molar-refractivity contribution in [2.75, 3.05) is 6.54 Å². The standard InChI is InChI=1S/C19H13Cl2F3N4O/c20-13-8-4-7-12(14(13)21)17(29)27-9-10-28-16(25-26-18(28)19(22,23)24)15(27)11-5-2-1-3-6-11/h1-8,15H,9-10H2. The van der Waals surface area contributed by atoms with Crippen molar-refractivity contribution in [1.82, 2.24) is 19.7 Å². The minimum Gasteiger partial charge on any atom is -0.322 e. The fraction of sp³-hybridized carbons (Fsp3) is 0.211. The van der Waals surface area contributed by atoms with Crippen molar-refractivity contribution in [3.8, 4) is 0 Å². The summed E-state index contributed by atoms with van der Waals surface area (Å²) in [5.74, 6) is -1.49. The third-order valence-corrected chi connectivity index (χ3v) is 5.53. The number of carbonyl (C=O) groups is 1. The lowest BCUT2D eigenvalue weighted by Crippen LogP contribution is -2.43. The Bertz CT molecular complexity index is 1070. The summed E-state index contributed by atoms with van der Waals surface area (Å²) in [7, 11) is 0. The van der Waals surface area contributed by atoms with Gasteiger partial charge < -0.3 is 9.47 Å². The van der Waals surface area contributed by atoms with Gasteiger partial charge in [-0.3, -0.25) is 4.79 Å².